The molecule has 0 aliphatic heterocycles. The molecule has 0 atom stereocenters. The van der Waals surface area contributed by atoms with E-state index in [1.165, 1.54) is 4.90 Å². The van der Waals surface area contributed by atoms with E-state index in [9.17, 15) is 13.2 Å². The lowest BCUT2D eigenvalue weighted by Gasteiger charge is -2.08. The molecule has 0 aliphatic carbocycles. The third-order valence-electron chi connectivity index (χ3n) is 1.28. The Labute approximate surface area is 76.9 Å². The molecule has 0 N–H and O–H groups in total. The molecule has 0 aromatic heterocycles. The number of hydrogen-bond donors (Lipinski definition) is 0. The second kappa shape index (κ2) is 4.67. The van der Waals surface area contributed by atoms with Gasteiger partial charge in [0, 0.05) is 31.2 Å². The smallest absolute Gasteiger partial charge is 0.232 e. The lowest BCUT2D eigenvalue weighted by molar-refractivity contribution is -0.128. The van der Waals surface area contributed by atoms with Gasteiger partial charge in [-0.05, 0) is 6.42 Å². The maximum Gasteiger partial charge on any atom is 0.232 e. The molecule has 72 valence electrons. The Hall–Kier alpha value is -0.290. The van der Waals surface area contributed by atoms with Crippen LogP contribution < -0.4 is 0 Å². The average Bonchev–Trinajstić information content (AvgIpc) is 1.84. The van der Waals surface area contributed by atoms with Crippen molar-refractivity contribution in [1.82, 2.24) is 4.90 Å². The minimum Gasteiger partial charge on any atom is -0.349 e. The molecular formula is C6H12ClNO3S. The van der Waals surface area contributed by atoms with E-state index < -0.39 is 9.05 Å². The molecule has 0 rings (SSSR count). The predicted molar refractivity (Wildman–Crippen MR) is 47.6 cm³/mol. The Balaban J connectivity index is 3.66. The van der Waals surface area contributed by atoms with Gasteiger partial charge in [0.1, 0.15) is 0 Å². The van der Waals surface area contributed by atoms with E-state index in [1.807, 2.05) is 0 Å². The molecule has 6 heteroatoms. The summed E-state index contributed by atoms with van der Waals surface area (Å²) in [6, 6.07) is 0. The number of carbonyl (C=O) groups excluding carboxylic acids is 1. The van der Waals surface area contributed by atoms with E-state index in [4.69, 9.17) is 10.7 Å². The SMILES string of the molecule is CN(C)C(=O)CCCS(=O)(=O)Cl. The first-order valence-electron chi connectivity index (χ1n) is 3.45. The van der Waals surface area contributed by atoms with Crippen LogP contribution in [0.15, 0.2) is 0 Å². The standard InChI is InChI=1S/C6H12ClNO3S/c1-8(2)6(9)4-3-5-12(7,10)11/h3-5H2,1-2H3. The number of hydrogen-bond acceptors (Lipinski definition) is 3. The Morgan fingerprint density at radius 2 is 1.92 bits per heavy atom. The third-order valence-corrected chi connectivity index (χ3v) is 2.52. The van der Waals surface area contributed by atoms with Crippen molar-refractivity contribution in [2.75, 3.05) is 19.8 Å². The summed E-state index contributed by atoms with van der Waals surface area (Å²) in [5.41, 5.74) is 0. The van der Waals surface area contributed by atoms with Gasteiger partial charge in [0.25, 0.3) is 0 Å². The average molecular weight is 214 g/mol. The number of halogens is 1. The van der Waals surface area contributed by atoms with Crippen molar-refractivity contribution in [1.29, 1.82) is 0 Å². The van der Waals surface area contributed by atoms with Gasteiger partial charge in [-0.3, -0.25) is 4.79 Å². The van der Waals surface area contributed by atoms with Crippen LogP contribution in [0.5, 0.6) is 0 Å². The van der Waals surface area contributed by atoms with Crippen LogP contribution in [0.3, 0.4) is 0 Å². The highest BCUT2D eigenvalue weighted by Gasteiger charge is 2.08. The van der Waals surface area contributed by atoms with Crippen LogP contribution in [0.1, 0.15) is 12.8 Å². The molecule has 0 aliphatic rings. The fraction of sp³-hybridized carbons (Fsp3) is 0.833. The molecule has 0 saturated carbocycles. The number of nitrogens with zero attached hydrogens (tertiary/aromatic N) is 1. The molecule has 0 fully saturated rings. The summed E-state index contributed by atoms with van der Waals surface area (Å²) in [6.07, 6.45) is 0.502. The van der Waals surface area contributed by atoms with Crippen molar-refractivity contribution in [3.8, 4) is 0 Å². The van der Waals surface area contributed by atoms with Crippen molar-refractivity contribution in [2.24, 2.45) is 0 Å². The summed E-state index contributed by atoms with van der Waals surface area (Å²) in [5.74, 6) is -0.232. The van der Waals surface area contributed by atoms with Gasteiger partial charge in [-0.25, -0.2) is 8.42 Å². The molecule has 0 heterocycles. The Kier molecular flexibility index (Phi) is 4.55. The molecule has 0 bridgehead atoms. The minimum absolute atomic E-state index is 0.0877. The van der Waals surface area contributed by atoms with E-state index in [0.29, 0.717) is 0 Å². The summed E-state index contributed by atoms with van der Waals surface area (Å²) in [5, 5.41) is 0. The highest BCUT2D eigenvalue weighted by atomic mass is 35.7. The molecule has 0 saturated heterocycles. The first kappa shape index (κ1) is 11.7. The van der Waals surface area contributed by atoms with Gasteiger partial charge in [0.05, 0.1) is 5.75 Å². The van der Waals surface area contributed by atoms with Crippen LogP contribution in [0, 0.1) is 0 Å². The maximum absolute atomic E-state index is 10.9. The highest BCUT2D eigenvalue weighted by molar-refractivity contribution is 8.13. The second-order valence-electron chi connectivity index (χ2n) is 2.63. The quantitative estimate of drug-likeness (QED) is 0.637. The van der Waals surface area contributed by atoms with Crippen LogP contribution in [-0.2, 0) is 13.8 Å². The van der Waals surface area contributed by atoms with E-state index in [0.717, 1.165) is 0 Å². The van der Waals surface area contributed by atoms with Crippen molar-refractivity contribution in [2.45, 2.75) is 12.8 Å². The van der Waals surface area contributed by atoms with Crippen molar-refractivity contribution >= 4 is 25.6 Å². The summed E-state index contributed by atoms with van der Waals surface area (Å²) in [4.78, 5) is 12.3. The van der Waals surface area contributed by atoms with Gasteiger partial charge in [-0.15, -0.1) is 0 Å². The van der Waals surface area contributed by atoms with Crippen LogP contribution >= 0.6 is 10.7 Å². The molecule has 4 nitrogen and oxygen atoms in total. The summed E-state index contributed by atoms with van der Waals surface area (Å²) in [7, 11) is 4.74. The van der Waals surface area contributed by atoms with Gasteiger partial charge in [-0.1, -0.05) is 0 Å². The first-order valence-corrected chi connectivity index (χ1v) is 5.93. The molecule has 0 radical (unpaired) electrons. The minimum atomic E-state index is -3.44. The Morgan fingerprint density at radius 1 is 1.42 bits per heavy atom. The van der Waals surface area contributed by atoms with Crippen LogP contribution in [0.2, 0.25) is 0 Å². The van der Waals surface area contributed by atoms with E-state index >= 15 is 0 Å². The molecular weight excluding hydrogens is 202 g/mol. The zero-order valence-electron chi connectivity index (χ0n) is 7.08. The molecule has 0 aromatic carbocycles. The van der Waals surface area contributed by atoms with E-state index in [2.05, 4.69) is 0 Å². The summed E-state index contributed by atoms with van der Waals surface area (Å²) in [6.45, 7) is 0. The third kappa shape index (κ3) is 6.42. The lowest BCUT2D eigenvalue weighted by Crippen LogP contribution is -2.21. The van der Waals surface area contributed by atoms with Gasteiger partial charge >= 0.3 is 0 Å². The van der Waals surface area contributed by atoms with Gasteiger partial charge in [0.15, 0.2) is 0 Å². The number of carbonyl (C=O) groups is 1. The monoisotopic (exact) mass is 213 g/mol. The second-order valence-corrected chi connectivity index (χ2v) is 5.53. The zero-order chi connectivity index (χ0) is 9.78. The first-order chi connectivity index (χ1) is 5.33. The van der Waals surface area contributed by atoms with Crippen LogP contribution in [0.25, 0.3) is 0 Å². The topological polar surface area (TPSA) is 54.5 Å². The van der Waals surface area contributed by atoms with E-state index in [1.54, 1.807) is 14.1 Å². The van der Waals surface area contributed by atoms with Gasteiger partial charge in [0.2, 0.25) is 15.0 Å². The predicted octanol–water partition coefficient (Wildman–Crippen LogP) is 0.423. The molecule has 0 spiro atoms. The fourth-order valence-electron chi connectivity index (χ4n) is 0.619. The van der Waals surface area contributed by atoms with Crippen LogP contribution in [0.4, 0.5) is 0 Å². The summed E-state index contributed by atoms with van der Waals surface area (Å²) >= 11 is 0. The van der Waals surface area contributed by atoms with Crippen molar-refractivity contribution in [3.63, 3.8) is 0 Å². The molecule has 0 unspecified atom stereocenters. The molecule has 0 aromatic rings. The van der Waals surface area contributed by atoms with Crippen LogP contribution in [-0.4, -0.2) is 39.1 Å². The Bertz CT molecular complexity index is 248. The zero-order valence-corrected chi connectivity index (χ0v) is 8.65. The number of amides is 1. The summed E-state index contributed by atoms with van der Waals surface area (Å²) < 4.78 is 20.8. The van der Waals surface area contributed by atoms with Gasteiger partial charge < -0.3 is 4.90 Å². The molecule has 1 amide bonds. The maximum atomic E-state index is 10.9. The highest BCUT2D eigenvalue weighted by Crippen LogP contribution is 2.02. The fourth-order valence-corrected chi connectivity index (χ4v) is 1.44. The normalized spacial score (nSPS) is 11.2. The van der Waals surface area contributed by atoms with Crippen molar-refractivity contribution < 1.29 is 13.2 Å². The number of rotatable bonds is 4. The van der Waals surface area contributed by atoms with E-state index in [-0.39, 0.29) is 24.5 Å². The lowest BCUT2D eigenvalue weighted by atomic mass is 10.3. The van der Waals surface area contributed by atoms with Gasteiger partial charge in [-0.2, -0.15) is 0 Å². The van der Waals surface area contributed by atoms with Crippen molar-refractivity contribution in [3.05, 3.63) is 0 Å². The Morgan fingerprint density at radius 3 is 2.25 bits per heavy atom. The largest absolute Gasteiger partial charge is 0.349 e. The molecule has 12 heavy (non-hydrogen) atoms.